The predicted octanol–water partition coefficient (Wildman–Crippen LogP) is 4.03. The number of carbonyl (C=O) groups excluding carboxylic acids is 2. The lowest BCUT2D eigenvalue weighted by atomic mass is 9.98. The van der Waals surface area contributed by atoms with Crippen LogP contribution in [0.3, 0.4) is 0 Å². The van der Waals surface area contributed by atoms with Crippen LogP contribution in [-0.2, 0) is 22.7 Å². The number of amides is 2. The number of carbonyl (C=O) groups is 2. The van der Waals surface area contributed by atoms with Crippen LogP contribution in [0.15, 0.2) is 48.7 Å². The Morgan fingerprint density at radius 1 is 1.06 bits per heavy atom. The smallest absolute Gasteiger partial charge is 0.408 e. The second kappa shape index (κ2) is 12.1. The summed E-state index contributed by atoms with van der Waals surface area (Å²) < 4.78 is 5.29. The van der Waals surface area contributed by atoms with Crippen LogP contribution in [0.4, 0.5) is 10.6 Å². The van der Waals surface area contributed by atoms with E-state index in [9.17, 15) is 9.59 Å². The molecule has 0 saturated carbocycles. The van der Waals surface area contributed by atoms with E-state index in [0.29, 0.717) is 6.54 Å². The average molecular weight is 439 g/mol. The molecule has 1 fully saturated rings. The molecule has 2 amide bonds. The fraction of sp³-hybridized carbons (Fsp3) is 0.480. The lowest BCUT2D eigenvalue weighted by Gasteiger charge is -2.27. The number of nitrogens with one attached hydrogen (secondary N) is 2. The van der Waals surface area contributed by atoms with E-state index in [4.69, 9.17) is 4.74 Å². The van der Waals surface area contributed by atoms with E-state index < -0.39 is 12.1 Å². The minimum Gasteiger partial charge on any atom is -0.445 e. The third kappa shape index (κ3) is 6.97. The van der Waals surface area contributed by atoms with Gasteiger partial charge in [0.1, 0.15) is 18.5 Å². The number of rotatable bonds is 9. The van der Waals surface area contributed by atoms with Gasteiger partial charge in [0.2, 0.25) is 5.91 Å². The van der Waals surface area contributed by atoms with E-state index in [2.05, 4.69) is 20.5 Å². The zero-order valence-electron chi connectivity index (χ0n) is 19.0. The van der Waals surface area contributed by atoms with Crippen molar-refractivity contribution in [3.05, 3.63) is 59.8 Å². The molecule has 1 aliphatic rings. The van der Waals surface area contributed by atoms with Crippen LogP contribution in [0.1, 0.15) is 50.7 Å². The highest BCUT2D eigenvalue weighted by molar-refractivity contribution is 5.85. The first kappa shape index (κ1) is 23.6. The van der Waals surface area contributed by atoms with Gasteiger partial charge in [-0.1, -0.05) is 56.7 Å². The number of hydrogen-bond donors (Lipinski definition) is 2. The molecule has 1 saturated heterocycles. The van der Waals surface area contributed by atoms with Gasteiger partial charge in [0.05, 0.1) is 0 Å². The summed E-state index contributed by atoms with van der Waals surface area (Å²) in [4.78, 5) is 32.0. The standard InChI is InChI=1S/C25H34N4O3/c1-3-19(2)23(28-25(31)32-18-20-10-6-4-7-11-20)24(30)27-17-21-12-13-22(26-16-21)29-14-8-5-9-15-29/h4,6-7,10-13,16,19,23H,3,5,8-9,14-15,17-18H2,1-2H3,(H,27,30)(H,28,31)/t19-,23-/m0/s1. The van der Waals surface area contributed by atoms with Gasteiger partial charge in [-0.2, -0.15) is 0 Å². The summed E-state index contributed by atoms with van der Waals surface area (Å²) in [5.41, 5.74) is 1.82. The molecule has 2 atom stereocenters. The maximum Gasteiger partial charge on any atom is 0.408 e. The molecule has 2 N–H and O–H groups in total. The SMILES string of the molecule is CC[C@H](C)[C@H](NC(=O)OCc1ccccc1)C(=O)NCc1ccc(N2CCCCC2)nc1. The highest BCUT2D eigenvalue weighted by atomic mass is 16.5. The van der Waals surface area contributed by atoms with Crippen molar-refractivity contribution in [3.8, 4) is 0 Å². The zero-order valence-corrected chi connectivity index (χ0v) is 19.0. The van der Waals surface area contributed by atoms with Crippen LogP contribution in [0, 0.1) is 5.92 Å². The fourth-order valence-corrected chi connectivity index (χ4v) is 3.72. The second-order valence-electron chi connectivity index (χ2n) is 8.36. The first-order chi connectivity index (χ1) is 15.6. The van der Waals surface area contributed by atoms with Gasteiger partial charge in [0.25, 0.3) is 0 Å². The Morgan fingerprint density at radius 3 is 2.47 bits per heavy atom. The fourth-order valence-electron chi connectivity index (χ4n) is 3.72. The number of piperidine rings is 1. The molecule has 7 heteroatoms. The van der Waals surface area contributed by atoms with Crippen LogP contribution in [0.25, 0.3) is 0 Å². The van der Waals surface area contributed by atoms with Crippen molar-refractivity contribution >= 4 is 17.8 Å². The lowest BCUT2D eigenvalue weighted by Crippen LogP contribution is -2.50. The Labute approximate surface area is 190 Å². The predicted molar refractivity (Wildman–Crippen MR) is 125 cm³/mol. The highest BCUT2D eigenvalue weighted by Gasteiger charge is 2.26. The van der Waals surface area contributed by atoms with Crippen molar-refractivity contribution in [1.29, 1.82) is 0 Å². The third-order valence-corrected chi connectivity index (χ3v) is 5.94. The molecule has 2 aromatic rings. The minimum absolute atomic E-state index is 0.0288. The largest absolute Gasteiger partial charge is 0.445 e. The van der Waals surface area contributed by atoms with Gasteiger partial charge in [-0.25, -0.2) is 9.78 Å². The molecular formula is C25H34N4O3. The van der Waals surface area contributed by atoms with Crippen molar-refractivity contribution in [2.75, 3.05) is 18.0 Å². The van der Waals surface area contributed by atoms with Crippen molar-refractivity contribution in [1.82, 2.24) is 15.6 Å². The molecule has 0 aliphatic carbocycles. The van der Waals surface area contributed by atoms with Gasteiger partial charge in [0, 0.05) is 25.8 Å². The molecule has 0 radical (unpaired) electrons. The molecule has 32 heavy (non-hydrogen) atoms. The number of ether oxygens (including phenoxy) is 1. The van der Waals surface area contributed by atoms with Gasteiger partial charge in [0.15, 0.2) is 0 Å². The monoisotopic (exact) mass is 438 g/mol. The Balaban J connectivity index is 1.50. The quantitative estimate of drug-likeness (QED) is 0.618. The average Bonchev–Trinajstić information content (AvgIpc) is 2.85. The van der Waals surface area contributed by atoms with E-state index >= 15 is 0 Å². The van der Waals surface area contributed by atoms with E-state index in [-0.39, 0.29) is 18.4 Å². The van der Waals surface area contributed by atoms with Crippen LogP contribution in [0.2, 0.25) is 0 Å². The molecule has 0 unspecified atom stereocenters. The number of pyridine rings is 1. The van der Waals surface area contributed by atoms with E-state index in [1.807, 2.05) is 62.5 Å². The van der Waals surface area contributed by atoms with Gasteiger partial charge >= 0.3 is 6.09 Å². The van der Waals surface area contributed by atoms with Crippen molar-refractivity contribution in [2.45, 2.75) is 58.7 Å². The molecular weight excluding hydrogens is 404 g/mol. The number of anilines is 1. The normalized spacial score (nSPS) is 15.5. The number of benzene rings is 1. The number of nitrogens with zero attached hydrogens (tertiary/aromatic N) is 2. The van der Waals surface area contributed by atoms with E-state index in [0.717, 1.165) is 36.5 Å². The van der Waals surface area contributed by atoms with Crippen molar-refractivity contribution in [2.24, 2.45) is 5.92 Å². The molecule has 0 bridgehead atoms. The zero-order chi connectivity index (χ0) is 22.8. The molecule has 7 nitrogen and oxygen atoms in total. The highest BCUT2D eigenvalue weighted by Crippen LogP contribution is 2.17. The van der Waals surface area contributed by atoms with Crippen LogP contribution in [-0.4, -0.2) is 36.1 Å². The van der Waals surface area contributed by atoms with Gasteiger partial charge in [-0.3, -0.25) is 4.79 Å². The first-order valence-corrected chi connectivity index (χ1v) is 11.5. The van der Waals surface area contributed by atoms with Crippen LogP contribution >= 0.6 is 0 Å². The molecule has 0 spiro atoms. The Morgan fingerprint density at radius 2 is 1.81 bits per heavy atom. The summed E-state index contributed by atoms with van der Waals surface area (Å²) in [6.07, 6.45) is 5.66. The summed E-state index contributed by atoms with van der Waals surface area (Å²) in [5, 5.41) is 5.66. The number of hydrogen-bond acceptors (Lipinski definition) is 5. The summed E-state index contributed by atoms with van der Waals surface area (Å²) in [7, 11) is 0. The number of aromatic nitrogens is 1. The summed E-state index contributed by atoms with van der Waals surface area (Å²) in [5.74, 6) is 0.732. The number of alkyl carbamates (subject to hydrolysis) is 1. The van der Waals surface area contributed by atoms with Crippen molar-refractivity contribution < 1.29 is 14.3 Å². The van der Waals surface area contributed by atoms with Gasteiger partial charge < -0.3 is 20.3 Å². The van der Waals surface area contributed by atoms with Crippen LogP contribution in [0.5, 0.6) is 0 Å². The molecule has 2 heterocycles. The Hall–Kier alpha value is -3.09. The van der Waals surface area contributed by atoms with Gasteiger partial charge in [-0.05, 0) is 42.4 Å². The molecule has 3 rings (SSSR count). The topological polar surface area (TPSA) is 83.6 Å². The second-order valence-corrected chi connectivity index (χ2v) is 8.36. The van der Waals surface area contributed by atoms with Crippen LogP contribution < -0.4 is 15.5 Å². The molecule has 172 valence electrons. The molecule has 1 aromatic heterocycles. The molecule has 1 aromatic carbocycles. The van der Waals surface area contributed by atoms with E-state index in [1.54, 1.807) is 0 Å². The first-order valence-electron chi connectivity index (χ1n) is 11.5. The van der Waals surface area contributed by atoms with Crippen molar-refractivity contribution in [3.63, 3.8) is 0 Å². The lowest BCUT2D eigenvalue weighted by molar-refractivity contribution is -0.124. The minimum atomic E-state index is -0.663. The Bertz CT molecular complexity index is 851. The van der Waals surface area contributed by atoms with Gasteiger partial charge in [-0.15, -0.1) is 0 Å². The Kier molecular flexibility index (Phi) is 8.90. The summed E-state index contributed by atoms with van der Waals surface area (Å²) in [6, 6.07) is 12.8. The van der Waals surface area contributed by atoms with E-state index in [1.165, 1.54) is 19.3 Å². The maximum atomic E-state index is 12.8. The maximum absolute atomic E-state index is 12.8. The third-order valence-electron chi connectivity index (χ3n) is 5.94. The molecule has 1 aliphatic heterocycles. The summed E-state index contributed by atoms with van der Waals surface area (Å²) in [6.45, 7) is 6.55. The summed E-state index contributed by atoms with van der Waals surface area (Å²) >= 11 is 0.